The smallest absolute Gasteiger partial charge is 0.162 e. The van der Waals surface area contributed by atoms with Gasteiger partial charge in [0, 0.05) is 32.7 Å². The first-order chi connectivity index (χ1) is 12.8. The molecular weight excluding hydrogens is 324 g/mol. The molecule has 1 saturated heterocycles. The summed E-state index contributed by atoms with van der Waals surface area (Å²) < 4.78 is 10.9. The second-order valence-corrected chi connectivity index (χ2v) is 6.33. The van der Waals surface area contributed by atoms with Gasteiger partial charge in [-0.15, -0.1) is 0 Å². The maximum absolute atomic E-state index is 5.68. The molecule has 1 heterocycles. The molecule has 0 unspecified atom stereocenters. The van der Waals surface area contributed by atoms with Crippen LogP contribution in [0.25, 0.3) is 0 Å². The van der Waals surface area contributed by atoms with Crippen molar-refractivity contribution in [2.45, 2.75) is 6.54 Å². The molecule has 0 amide bonds. The average Bonchev–Trinajstić information content (AvgIpc) is 2.70. The summed E-state index contributed by atoms with van der Waals surface area (Å²) in [6.45, 7) is 6.53. The zero-order chi connectivity index (χ0) is 18.0. The van der Waals surface area contributed by atoms with Crippen LogP contribution in [-0.4, -0.2) is 56.2 Å². The quantitative estimate of drug-likeness (QED) is 0.748. The molecule has 4 nitrogen and oxygen atoms in total. The van der Waals surface area contributed by atoms with Crippen LogP contribution in [0.3, 0.4) is 0 Å². The van der Waals surface area contributed by atoms with Crippen molar-refractivity contribution in [1.82, 2.24) is 9.80 Å². The van der Waals surface area contributed by atoms with E-state index in [1.165, 1.54) is 5.56 Å². The number of benzene rings is 2. The van der Waals surface area contributed by atoms with Gasteiger partial charge in [-0.25, -0.2) is 0 Å². The van der Waals surface area contributed by atoms with E-state index in [1.54, 1.807) is 7.11 Å². The molecule has 0 aliphatic carbocycles. The minimum Gasteiger partial charge on any atom is -0.493 e. The predicted octanol–water partition coefficient (Wildman–Crippen LogP) is 2.90. The van der Waals surface area contributed by atoms with Crippen molar-refractivity contribution in [3.05, 3.63) is 60.2 Å². The first kappa shape index (κ1) is 18.3. The summed E-state index contributed by atoms with van der Waals surface area (Å²) in [6, 6.07) is 18.3. The van der Waals surface area contributed by atoms with E-state index in [2.05, 4.69) is 52.0 Å². The van der Waals surface area contributed by atoms with Gasteiger partial charge in [-0.1, -0.05) is 54.3 Å². The number of rotatable bonds is 6. The Balaban J connectivity index is 1.36. The van der Waals surface area contributed by atoms with E-state index in [4.69, 9.17) is 9.47 Å². The van der Waals surface area contributed by atoms with Crippen LogP contribution in [0.1, 0.15) is 5.56 Å². The largest absolute Gasteiger partial charge is 0.493 e. The summed E-state index contributed by atoms with van der Waals surface area (Å²) in [5.74, 6) is 7.79. The summed E-state index contributed by atoms with van der Waals surface area (Å²) >= 11 is 0. The fraction of sp³-hybridized carbons (Fsp3) is 0.364. The molecule has 2 aromatic rings. The lowest BCUT2D eigenvalue weighted by molar-refractivity contribution is 0.138. The zero-order valence-corrected chi connectivity index (χ0v) is 15.4. The van der Waals surface area contributed by atoms with Crippen LogP contribution in [0, 0.1) is 11.8 Å². The summed E-state index contributed by atoms with van der Waals surface area (Å²) in [6.07, 6.45) is 0. The SMILES string of the molecule is COc1ccccc1OCC#CCN1CCN(Cc2ccccc2)CC1. The van der Waals surface area contributed by atoms with Crippen LogP contribution in [0.2, 0.25) is 0 Å². The van der Waals surface area contributed by atoms with E-state index in [0.717, 1.165) is 50.8 Å². The molecule has 0 bridgehead atoms. The molecule has 0 radical (unpaired) electrons. The number of hydrogen-bond donors (Lipinski definition) is 0. The maximum Gasteiger partial charge on any atom is 0.162 e. The van der Waals surface area contributed by atoms with E-state index in [9.17, 15) is 0 Å². The van der Waals surface area contributed by atoms with Gasteiger partial charge >= 0.3 is 0 Å². The van der Waals surface area contributed by atoms with Crippen LogP contribution in [0.5, 0.6) is 11.5 Å². The van der Waals surface area contributed by atoms with Crippen molar-refractivity contribution in [3.63, 3.8) is 0 Å². The first-order valence-electron chi connectivity index (χ1n) is 9.05. The Morgan fingerprint density at radius 2 is 1.46 bits per heavy atom. The first-order valence-corrected chi connectivity index (χ1v) is 9.05. The van der Waals surface area contributed by atoms with Crippen molar-refractivity contribution >= 4 is 0 Å². The minimum absolute atomic E-state index is 0.383. The van der Waals surface area contributed by atoms with E-state index >= 15 is 0 Å². The van der Waals surface area contributed by atoms with Gasteiger partial charge in [0.1, 0.15) is 6.61 Å². The predicted molar refractivity (Wildman–Crippen MR) is 104 cm³/mol. The Bertz CT molecular complexity index is 729. The summed E-state index contributed by atoms with van der Waals surface area (Å²) in [5, 5.41) is 0. The molecule has 1 aliphatic heterocycles. The number of nitrogens with zero attached hydrogens (tertiary/aromatic N) is 2. The highest BCUT2D eigenvalue weighted by molar-refractivity contribution is 5.39. The zero-order valence-electron chi connectivity index (χ0n) is 15.4. The lowest BCUT2D eigenvalue weighted by atomic mass is 10.2. The van der Waals surface area contributed by atoms with Crippen molar-refractivity contribution in [2.24, 2.45) is 0 Å². The van der Waals surface area contributed by atoms with Gasteiger partial charge in [0.15, 0.2) is 11.5 Å². The van der Waals surface area contributed by atoms with Crippen LogP contribution in [0.4, 0.5) is 0 Å². The molecule has 0 atom stereocenters. The van der Waals surface area contributed by atoms with Gasteiger partial charge in [0.25, 0.3) is 0 Å². The van der Waals surface area contributed by atoms with Gasteiger partial charge in [-0.3, -0.25) is 9.80 Å². The number of piperazine rings is 1. The topological polar surface area (TPSA) is 24.9 Å². The van der Waals surface area contributed by atoms with Gasteiger partial charge in [-0.05, 0) is 17.7 Å². The van der Waals surface area contributed by atoms with Crippen LogP contribution in [-0.2, 0) is 6.54 Å². The Hall–Kier alpha value is -2.48. The Kier molecular flexibility index (Phi) is 6.95. The normalized spacial score (nSPS) is 15.1. The van der Waals surface area contributed by atoms with Crippen LogP contribution < -0.4 is 9.47 Å². The van der Waals surface area contributed by atoms with Gasteiger partial charge in [-0.2, -0.15) is 0 Å². The third-order valence-electron chi connectivity index (χ3n) is 4.51. The van der Waals surface area contributed by atoms with Crippen molar-refractivity contribution in [1.29, 1.82) is 0 Å². The third kappa shape index (κ3) is 5.52. The average molecular weight is 350 g/mol. The van der Waals surface area contributed by atoms with E-state index in [-0.39, 0.29) is 0 Å². The molecule has 0 N–H and O–H groups in total. The molecule has 0 saturated carbocycles. The Morgan fingerprint density at radius 1 is 0.808 bits per heavy atom. The molecule has 3 rings (SSSR count). The lowest BCUT2D eigenvalue weighted by Crippen LogP contribution is -2.45. The third-order valence-corrected chi connectivity index (χ3v) is 4.51. The minimum atomic E-state index is 0.383. The molecule has 4 heteroatoms. The summed E-state index contributed by atoms with van der Waals surface area (Å²) in [4.78, 5) is 4.90. The number of ether oxygens (including phenoxy) is 2. The maximum atomic E-state index is 5.68. The molecule has 1 fully saturated rings. The fourth-order valence-corrected chi connectivity index (χ4v) is 3.02. The molecule has 1 aliphatic rings. The second-order valence-electron chi connectivity index (χ2n) is 6.33. The number of hydrogen-bond acceptors (Lipinski definition) is 4. The molecule has 136 valence electrons. The lowest BCUT2D eigenvalue weighted by Gasteiger charge is -2.33. The van der Waals surface area contributed by atoms with Gasteiger partial charge < -0.3 is 9.47 Å². The number of methoxy groups -OCH3 is 1. The van der Waals surface area contributed by atoms with Crippen LogP contribution in [0.15, 0.2) is 54.6 Å². The Morgan fingerprint density at radius 3 is 2.19 bits per heavy atom. The highest BCUT2D eigenvalue weighted by atomic mass is 16.5. The second kappa shape index (κ2) is 9.86. The summed E-state index contributed by atoms with van der Waals surface area (Å²) in [7, 11) is 1.64. The van der Waals surface area contributed by atoms with E-state index < -0.39 is 0 Å². The summed E-state index contributed by atoms with van der Waals surface area (Å²) in [5.41, 5.74) is 1.38. The van der Waals surface area contributed by atoms with Crippen molar-refractivity contribution in [2.75, 3.05) is 46.4 Å². The van der Waals surface area contributed by atoms with E-state index in [0.29, 0.717) is 6.61 Å². The van der Waals surface area contributed by atoms with Crippen molar-refractivity contribution in [3.8, 4) is 23.3 Å². The highest BCUT2D eigenvalue weighted by Crippen LogP contribution is 2.25. The highest BCUT2D eigenvalue weighted by Gasteiger charge is 2.15. The van der Waals surface area contributed by atoms with Gasteiger partial charge in [0.05, 0.1) is 13.7 Å². The molecule has 0 spiro atoms. The molecule has 26 heavy (non-hydrogen) atoms. The number of para-hydroxylation sites is 2. The van der Waals surface area contributed by atoms with Gasteiger partial charge in [0.2, 0.25) is 0 Å². The molecular formula is C22H26N2O2. The monoisotopic (exact) mass is 350 g/mol. The standard InChI is InChI=1S/C22H26N2O2/c1-25-21-11-5-6-12-22(21)26-18-8-7-13-23-14-16-24(17-15-23)19-20-9-3-2-4-10-20/h2-6,9-12H,13-19H2,1H3. The Labute approximate surface area is 156 Å². The molecule has 0 aromatic heterocycles. The van der Waals surface area contributed by atoms with E-state index in [1.807, 2.05) is 24.3 Å². The molecule has 2 aromatic carbocycles. The fourth-order valence-electron chi connectivity index (χ4n) is 3.02. The van der Waals surface area contributed by atoms with Crippen LogP contribution >= 0.6 is 0 Å². The van der Waals surface area contributed by atoms with Crippen molar-refractivity contribution < 1.29 is 9.47 Å².